The highest BCUT2D eigenvalue weighted by Crippen LogP contribution is 2.27. The summed E-state index contributed by atoms with van der Waals surface area (Å²) >= 11 is 0. The number of rotatable bonds is 7. The van der Waals surface area contributed by atoms with Crippen LogP contribution in [0.3, 0.4) is 0 Å². The Morgan fingerprint density at radius 3 is 2.23 bits per heavy atom. The van der Waals surface area contributed by atoms with Crippen molar-refractivity contribution in [3.8, 4) is 0 Å². The Hall–Kier alpha value is -2.87. The van der Waals surface area contributed by atoms with Gasteiger partial charge in [-0.1, -0.05) is 24.3 Å². The number of hydrogen-bond acceptors (Lipinski definition) is 4. The summed E-state index contributed by atoms with van der Waals surface area (Å²) in [5, 5.41) is 5.51. The maximum absolute atomic E-state index is 13.0. The quantitative estimate of drug-likeness (QED) is 0.704. The van der Waals surface area contributed by atoms with E-state index in [0.29, 0.717) is 16.9 Å². The van der Waals surface area contributed by atoms with Crippen LogP contribution in [0.25, 0.3) is 0 Å². The lowest BCUT2D eigenvalue weighted by atomic mass is 10.1. The molecule has 0 unspecified atom stereocenters. The van der Waals surface area contributed by atoms with Gasteiger partial charge in [-0.3, -0.25) is 13.9 Å². The first-order valence-corrected chi connectivity index (χ1v) is 11.5. The number of sulfonamides is 1. The molecule has 0 radical (unpaired) electrons. The molecule has 2 amide bonds. The Bertz CT molecular complexity index is 1050. The molecule has 0 aromatic heterocycles. The minimum atomic E-state index is -3.74. The highest BCUT2D eigenvalue weighted by Gasteiger charge is 2.30. The Kier molecular flexibility index (Phi) is 7.25. The average Bonchev–Trinajstić information content (AvgIpc) is 2.63. The zero-order valence-corrected chi connectivity index (χ0v) is 19.0. The van der Waals surface area contributed by atoms with Gasteiger partial charge < -0.3 is 10.6 Å². The van der Waals surface area contributed by atoms with E-state index >= 15 is 0 Å². The molecule has 0 spiro atoms. The number of carbonyl (C=O) groups excluding carboxylic acids is 2. The second-order valence-corrected chi connectivity index (χ2v) is 9.55. The van der Waals surface area contributed by atoms with Crippen LogP contribution >= 0.6 is 0 Å². The van der Waals surface area contributed by atoms with E-state index in [9.17, 15) is 18.0 Å². The van der Waals surface area contributed by atoms with Crippen molar-refractivity contribution in [2.24, 2.45) is 0 Å². The largest absolute Gasteiger partial charge is 0.350 e. The van der Waals surface area contributed by atoms with Gasteiger partial charge in [0.1, 0.15) is 6.04 Å². The van der Waals surface area contributed by atoms with E-state index < -0.39 is 22.0 Å². The highest BCUT2D eigenvalue weighted by atomic mass is 32.2. The molecule has 2 aromatic carbocycles. The van der Waals surface area contributed by atoms with Crippen molar-refractivity contribution in [3.05, 3.63) is 59.2 Å². The van der Waals surface area contributed by atoms with Gasteiger partial charge in [-0.15, -0.1) is 0 Å². The standard InChI is InChI=1S/C22H29N3O4S/c1-14(2)23-22(27)18-9-7-8-10-19(18)24-21(26)17(5)25(30(6,28)29)20-13-15(3)11-12-16(20)4/h7-14,17H,1-6H3,(H,23,27)(H,24,26)/t17-/m0/s1. The number of hydrogen-bond donors (Lipinski definition) is 2. The molecule has 8 heteroatoms. The van der Waals surface area contributed by atoms with E-state index in [1.165, 1.54) is 6.92 Å². The monoisotopic (exact) mass is 431 g/mol. The fourth-order valence-corrected chi connectivity index (χ4v) is 4.33. The van der Waals surface area contributed by atoms with E-state index in [0.717, 1.165) is 21.7 Å². The molecule has 2 aromatic rings. The van der Waals surface area contributed by atoms with Crippen LogP contribution in [0.1, 0.15) is 42.3 Å². The van der Waals surface area contributed by atoms with Crippen molar-refractivity contribution < 1.29 is 18.0 Å². The van der Waals surface area contributed by atoms with Crippen LogP contribution in [-0.2, 0) is 14.8 Å². The first kappa shape index (κ1) is 23.4. The van der Waals surface area contributed by atoms with E-state index in [1.54, 1.807) is 37.3 Å². The molecule has 0 aliphatic rings. The summed E-state index contributed by atoms with van der Waals surface area (Å²) in [6.07, 6.45) is 1.07. The number of aryl methyl sites for hydroxylation is 2. The maximum atomic E-state index is 13.0. The van der Waals surface area contributed by atoms with Crippen LogP contribution in [0.4, 0.5) is 11.4 Å². The summed E-state index contributed by atoms with van der Waals surface area (Å²) in [7, 11) is -3.74. The summed E-state index contributed by atoms with van der Waals surface area (Å²) in [5.74, 6) is -0.853. The molecule has 1 atom stereocenters. The first-order chi connectivity index (χ1) is 13.9. The summed E-state index contributed by atoms with van der Waals surface area (Å²) < 4.78 is 26.3. The SMILES string of the molecule is Cc1ccc(C)c(N([C@@H](C)C(=O)Nc2ccccc2C(=O)NC(C)C)S(C)(=O)=O)c1. The molecule has 162 valence electrons. The molecule has 0 aliphatic carbocycles. The Balaban J connectivity index is 2.38. The average molecular weight is 432 g/mol. The number of nitrogens with zero attached hydrogens (tertiary/aromatic N) is 1. The van der Waals surface area contributed by atoms with Gasteiger partial charge in [0.2, 0.25) is 15.9 Å². The number of carbonyl (C=O) groups is 2. The normalized spacial score (nSPS) is 12.4. The van der Waals surface area contributed by atoms with E-state index in [-0.39, 0.29) is 11.9 Å². The smallest absolute Gasteiger partial charge is 0.253 e. The summed E-state index contributed by atoms with van der Waals surface area (Å²) in [6.45, 7) is 8.86. The van der Waals surface area contributed by atoms with Crippen molar-refractivity contribution in [2.75, 3.05) is 15.9 Å². The van der Waals surface area contributed by atoms with E-state index in [1.807, 2.05) is 32.9 Å². The Morgan fingerprint density at radius 1 is 1.00 bits per heavy atom. The third kappa shape index (κ3) is 5.60. The lowest BCUT2D eigenvalue weighted by Gasteiger charge is -2.30. The van der Waals surface area contributed by atoms with Crippen molar-refractivity contribution in [1.82, 2.24) is 5.32 Å². The van der Waals surface area contributed by atoms with Gasteiger partial charge in [0.25, 0.3) is 5.91 Å². The second-order valence-electron chi connectivity index (χ2n) is 7.69. The van der Waals surface area contributed by atoms with Crippen LogP contribution in [0.5, 0.6) is 0 Å². The second kappa shape index (κ2) is 9.30. The molecule has 2 rings (SSSR count). The lowest BCUT2D eigenvalue weighted by molar-refractivity contribution is -0.116. The lowest BCUT2D eigenvalue weighted by Crippen LogP contribution is -2.46. The van der Waals surface area contributed by atoms with Crippen molar-refractivity contribution >= 4 is 33.2 Å². The molecule has 0 bridgehead atoms. The topological polar surface area (TPSA) is 95.6 Å². The minimum absolute atomic E-state index is 0.0646. The number of nitrogens with one attached hydrogen (secondary N) is 2. The van der Waals surface area contributed by atoms with Crippen LogP contribution < -0.4 is 14.9 Å². The number of para-hydroxylation sites is 1. The zero-order chi connectivity index (χ0) is 22.6. The molecule has 2 N–H and O–H groups in total. The zero-order valence-electron chi connectivity index (χ0n) is 18.2. The van der Waals surface area contributed by atoms with Gasteiger partial charge in [0.05, 0.1) is 23.2 Å². The Morgan fingerprint density at radius 2 is 1.63 bits per heavy atom. The molecular formula is C22H29N3O4S. The van der Waals surface area contributed by atoms with Gasteiger partial charge in [-0.25, -0.2) is 8.42 Å². The molecule has 0 heterocycles. The molecule has 0 saturated heterocycles. The van der Waals surface area contributed by atoms with E-state index in [2.05, 4.69) is 10.6 Å². The van der Waals surface area contributed by atoms with Gasteiger partial charge in [-0.2, -0.15) is 0 Å². The summed E-state index contributed by atoms with van der Waals surface area (Å²) in [5.41, 5.74) is 2.70. The predicted molar refractivity (Wildman–Crippen MR) is 120 cm³/mol. The van der Waals surface area contributed by atoms with Crippen LogP contribution in [0.15, 0.2) is 42.5 Å². The van der Waals surface area contributed by atoms with Crippen LogP contribution in [0.2, 0.25) is 0 Å². The number of anilines is 2. The van der Waals surface area contributed by atoms with Gasteiger partial charge in [0, 0.05) is 6.04 Å². The highest BCUT2D eigenvalue weighted by molar-refractivity contribution is 7.92. The first-order valence-electron chi connectivity index (χ1n) is 9.69. The molecule has 7 nitrogen and oxygen atoms in total. The minimum Gasteiger partial charge on any atom is -0.350 e. The van der Waals surface area contributed by atoms with Crippen molar-refractivity contribution in [1.29, 1.82) is 0 Å². The molecule has 0 saturated carbocycles. The Labute approximate surface area is 178 Å². The van der Waals surface area contributed by atoms with Gasteiger partial charge in [-0.05, 0) is 63.9 Å². The predicted octanol–water partition coefficient (Wildman–Crippen LogP) is 3.23. The third-order valence-corrected chi connectivity index (χ3v) is 5.77. The number of benzene rings is 2. The van der Waals surface area contributed by atoms with Crippen molar-refractivity contribution in [3.63, 3.8) is 0 Å². The molecule has 0 fully saturated rings. The summed E-state index contributed by atoms with van der Waals surface area (Å²) in [6, 6.07) is 11.0. The van der Waals surface area contributed by atoms with E-state index in [4.69, 9.17) is 0 Å². The molecular weight excluding hydrogens is 402 g/mol. The fourth-order valence-electron chi connectivity index (χ4n) is 3.11. The van der Waals surface area contributed by atoms with Crippen LogP contribution in [-0.4, -0.2) is 38.6 Å². The third-order valence-electron chi connectivity index (χ3n) is 4.54. The van der Waals surface area contributed by atoms with Gasteiger partial charge >= 0.3 is 0 Å². The fraction of sp³-hybridized carbons (Fsp3) is 0.364. The van der Waals surface area contributed by atoms with Crippen LogP contribution in [0, 0.1) is 13.8 Å². The maximum Gasteiger partial charge on any atom is 0.253 e. The molecule has 30 heavy (non-hydrogen) atoms. The van der Waals surface area contributed by atoms with Crippen molar-refractivity contribution in [2.45, 2.75) is 46.7 Å². The molecule has 0 aliphatic heterocycles. The summed E-state index contributed by atoms with van der Waals surface area (Å²) in [4.78, 5) is 25.5. The van der Waals surface area contributed by atoms with Gasteiger partial charge in [0.15, 0.2) is 0 Å². The number of amides is 2.